The average molecular weight is 258 g/mol. The van der Waals surface area contributed by atoms with Crippen LogP contribution in [0.3, 0.4) is 0 Å². The van der Waals surface area contributed by atoms with Gasteiger partial charge in [0.1, 0.15) is 6.67 Å². The third kappa shape index (κ3) is 2.82. The predicted octanol–water partition coefficient (Wildman–Crippen LogP) is 2.05. The van der Waals surface area contributed by atoms with Crippen molar-refractivity contribution in [3.05, 3.63) is 29.1 Å². The summed E-state index contributed by atoms with van der Waals surface area (Å²) in [6.45, 7) is 0.586. The van der Waals surface area contributed by atoms with Gasteiger partial charge in [-0.3, -0.25) is 4.79 Å². The minimum atomic E-state index is -1.13. The Bertz CT molecular complexity index is 471. The molecule has 0 atom stereocenters. The van der Waals surface area contributed by atoms with E-state index < -0.39 is 30.0 Å². The molecule has 0 aromatic heterocycles. The number of ketones is 1. The number of ether oxygens (including phenoxy) is 2. The first-order valence-electron chi connectivity index (χ1n) is 5.19. The monoisotopic (exact) mass is 258 g/mol. The Labute approximate surface area is 103 Å². The number of hydrogen-bond acceptors (Lipinski definition) is 4. The molecule has 0 fully saturated rings. The summed E-state index contributed by atoms with van der Waals surface area (Å²) in [5.74, 6) is -3.50. The number of halogens is 2. The number of methoxy groups -OCH3 is 1. The molecule has 0 radical (unpaired) electrons. The van der Waals surface area contributed by atoms with Crippen LogP contribution in [0.5, 0.6) is 5.75 Å². The Morgan fingerprint density at radius 1 is 1.33 bits per heavy atom. The van der Waals surface area contributed by atoms with Crippen LogP contribution >= 0.6 is 0 Å². The molecule has 4 nitrogen and oxygen atoms in total. The van der Waals surface area contributed by atoms with Crippen LogP contribution in [0, 0.1) is 5.82 Å². The second-order valence-corrected chi connectivity index (χ2v) is 3.34. The van der Waals surface area contributed by atoms with Crippen molar-refractivity contribution in [3.8, 4) is 5.75 Å². The predicted molar refractivity (Wildman–Crippen MR) is 58.7 cm³/mol. The Hall–Kier alpha value is -1.98. The summed E-state index contributed by atoms with van der Waals surface area (Å²) in [5, 5.41) is 0. The Balaban J connectivity index is 3.24. The fourth-order valence-electron chi connectivity index (χ4n) is 1.41. The van der Waals surface area contributed by atoms with Gasteiger partial charge in [-0.1, -0.05) is 0 Å². The van der Waals surface area contributed by atoms with E-state index in [1.165, 1.54) is 6.92 Å². The number of carbonyl (C=O) groups excluding carboxylic acids is 2. The summed E-state index contributed by atoms with van der Waals surface area (Å²) in [4.78, 5) is 23.0. The van der Waals surface area contributed by atoms with Gasteiger partial charge in [0, 0.05) is 0 Å². The Morgan fingerprint density at radius 2 is 2.00 bits per heavy atom. The molecule has 0 aliphatic carbocycles. The number of rotatable bonds is 5. The molecule has 0 heterocycles. The third-order valence-corrected chi connectivity index (χ3v) is 2.17. The number of esters is 1. The van der Waals surface area contributed by atoms with Crippen molar-refractivity contribution in [1.82, 2.24) is 0 Å². The van der Waals surface area contributed by atoms with Crippen molar-refractivity contribution >= 4 is 11.8 Å². The Kier molecular flexibility index (Phi) is 4.76. The summed E-state index contributed by atoms with van der Waals surface area (Å²) < 4.78 is 35.2. The molecule has 0 aliphatic heterocycles. The molecular formula is C12H12F2O4. The Morgan fingerprint density at radius 3 is 2.50 bits per heavy atom. The standard InChI is InChI=1S/C12H12F2O4/c1-3-18-12(16)10(15)8-4-7(6-13)5-9(14)11(8)17-2/h4-5H,3,6H2,1-2H3. The zero-order valence-electron chi connectivity index (χ0n) is 9.96. The van der Waals surface area contributed by atoms with E-state index >= 15 is 0 Å². The van der Waals surface area contributed by atoms with Gasteiger partial charge >= 0.3 is 5.97 Å². The van der Waals surface area contributed by atoms with E-state index in [-0.39, 0.29) is 17.7 Å². The third-order valence-electron chi connectivity index (χ3n) is 2.17. The molecule has 1 rings (SSSR count). The lowest BCUT2D eigenvalue weighted by atomic mass is 10.1. The number of carbonyl (C=O) groups is 2. The van der Waals surface area contributed by atoms with Crippen LogP contribution in [0.25, 0.3) is 0 Å². The highest BCUT2D eigenvalue weighted by molar-refractivity contribution is 6.41. The highest BCUT2D eigenvalue weighted by atomic mass is 19.1. The van der Waals surface area contributed by atoms with Crippen LogP contribution < -0.4 is 4.74 Å². The van der Waals surface area contributed by atoms with Crippen LogP contribution in [-0.4, -0.2) is 25.5 Å². The quantitative estimate of drug-likeness (QED) is 0.461. The van der Waals surface area contributed by atoms with E-state index in [1.54, 1.807) is 0 Å². The van der Waals surface area contributed by atoms with E-state index in [0.29, 0.717) is 0 Å². The highest BCUT2D eigenvalue weighted by Gasteiger charge is 2.24. The molecule has 0 bridgehead atoms. The second kappa shape index (κ2) is 6.09. The molecule has 0 aliphatic rings. The smallest absolute Gasteiger partial charge is 0.379 e. The van der Waals surface area contributed by atoms with Gasteiger partial charge in [0.25, 0.3) is 5.78 Å². The van der Waals surface area contributed by atoms with E-state index in [9.17, 15) is 18.4 Å². The molecule has 0 N–H and O–H groups in total. The lowest BCUT2D eigenvalue weighted by Crippen LogP contribution is -2.19. The van der Waals surface area contributed by atoms with Crippen molar-refractivity contribution in [2.24, 2.45) is 0 Å². The first-order chi connectivity index (χ1) is 8.54. The molecule has 1 aromatic rings. The maximum absolute atomic E-state index is 13.5. The van der Waals surface area contributed by atoms with Gasteiger partial charge in [0.15, 0.2) is 11.6 Å². The van der Waals surface area contributed by atoms with Gasteiger partial charge in [-0.05, 0) is 24.6 Å². The lowest BCUT2D eigenvalue weighted by molar-refractivity contribution is -0.137. The van der Waals surface area contributed by atoms with Crippen LogP contribution in [-0.2, 0) is 16.2 Å². The van der Waals surface area contributed by atoms with Crippen molar-refractivity contribution in [3.63, 3.8) is 0 Å². The summed E-state index contributed by atoms with van der Waals surface area (Å²) >= 11 is 0. The first-order valence-corrected chi connectivity index (χ1v) is 5.19. The molecule has 0 unspecified atom stereocenters. The maximum atomic E-state index is 13.5. The van der Waals surface area contributed by atoms with Gasteiger partial charge in [0.2, 0.25) is 0 Å². The normalized spacial score (nSPS) is 10.0. The van der Waals surface area contributed by atoms with Gasteiger partial charge < -0.3 is 9.47 Å². The molecule has 0 saturated carbocycles. The van der Waals surface area contributed by atoms with Crippen molar-refractivity contribution in [2.75, 3.05) is 13.7 Å². The zero-order valence-corrected chi connectivity index (χ0v) is 9.96. The molecule has 0 amide bonds. The van der Waals surface area contributed by atoms with Crippen LogP contribution in [0.4, 0.5) is 8.78 Å². The largest absolute Gasteiger partial charge is 0.493 e. The molecule has 18 heavy (non-hydrogen) atoms. The van der Waals surface area contributed by atoms with Crippen LogP contribution in [0.1, 0.15) is 22.8 Å². The fraction of sp³-hybridized carbons (Fsp3) is 0.333. The summed E-state index contributed by atoms with van der Waals surface area (Å²) in [5.41, 5.74) is -0.399. The number of Topliss-reactive ketones (excluding diaryl/α,β-unsaturated/α-hetero) is 1. The van der Waals surface area contributed by atoms with E-state index in [4.69, 9.17) is 4.74 Å². The summed E-state index contributed by atoms with van der Waals surface area (Å²) in [6, 6.07) is 1.97. The van der Waals surface area contributed by atoms with Gasteiger partial charge in [0.05, 0.1) is 19.3 Å². The van der Waals surface area contributed by atoms with Crippen LogP contribution in [0.2, 0.25) is 0 Å². The molecule has 6 heteroatoms. The number of hydrogen-bond donors (Lipinski definition) is 0. The highest BCUT2D eigenvalue weighted by Crippen LogP contribution is 2.25. The molecular weight excluding hydrogens is 246 g/mol. The van der Waals surface area contributed by atoms with E-state index in [2.05, 4.69) is 4.74 Å². The average Bonchev–Trinajstić information content (AvgIpc) is 2.37. The molecule has 0 spiro atoms. The minimum absolute atomic E-state index is 0.0121. The topological polar surface area (TPSA) is 52.6 Å². The van der Waals surface area contributed by atoms with E-state index in [1.807, 2.05) is 0 Å². The second-order valence-electron chi connectivity index (χ2n) is 3.34. The van der Waals surface area contributed by atoms with Crippen molar-refractivity contribution in [2.45, 2.75) is 13.6 Å². The van der Waals surface area contributed by atoms with Crippen molar-refractivity contribution < 1.29 is 27.8 Å². The first kappa shape index (κ1) is 14.1. The molecule has 1 aromatic carbocycles. The van der Waals surface area contributed by atoms with Crippen LogP contribution in [0.15, 0.2) is 12.1 Å². The van der Waals surface area contributed by atoms with Crippen molar-refractivity contribution in [1.29, 1.82) is 0 Å². The lowest BCUT2D eigenvalue weighted by Gasteiger charge is -2.09. The summed E-state index contributed by atoms with van der Waals surface area (Å²) in [7, 11) is 1.15. The fourth-order valence-corrected chi connectivity index (χ4v) is 1.41. The number of alkyl halides is 1. The number of benzene rings is 1. The molecule has 98 valence electrons. The van der Waals surface area contributed by atoms with Gasteiger partial charge in [-0.25, -0.2) is 13.6 Å². The minimum Gasteiger partial charge on any atom is -0.493 e. The maximum Gasteiger partial charge on any atom is 0.379 e. The zero-order chi connectivity index (χ0) is 13.7. The summed E-state index contributed by atoms with van der Waals surface area (Å²) in [6.07, 6.45) is 0. The van der Waals surface area contributed by atoms with E-state index in [0.717, 1.165) is 19.2 Å². The van der Waals surface area contributed by atoms with Gasteiger partial charge in [-0.15, -0.1) is 0 Å². The molecule has 0 saturated heterocycles. The SMILES string of the molecule is CCOC(=O)C(=O)c1cc(CF)cc(F)c1OC. The van der Waals surface area contributed by atoms with Gasteiger partial charge in [-0.2, -0.15) is 0 Å².